The van der Waals surface area contributed by atoms with E-state index in [9.17, 15) is 14.7 Å². The lowest BCUT2D eigenvalue weighted by molar-refractivity contribution is -0.159. The Morgan fingerprint density at radius 1 is 1.38 bits per heavy atom. The van der Waals surface area contributed by atoms with E-state index in [1.165, 1.54) is 14.2 Å². The van der Waals surface area contributed by atoms with Crippen LogP contribution in [0.2, 0.25) is 0 Å². The first kappa shape index (κ1) is 15.1. The minimum Gasteiger partial charge on any atom is -0.493 e. The average molecular weight is 296 g/mol. The molecule has 1 aliphatic rings. The van der Waals surface area contributed by atoms with Crippen LogP contribution in [-0.2, 0) is 14.3 Å². The standard InChI is InChI=1S/C14H16O7/c1-4-20-14(17)10(15)11-7-5-6-8(18-2)12(19-3)9(7)13(16)21-11/h5-6,10-11,15H,4H2,1-3H3/t10-,11+/m0/s1. The summed E-state index contributed by atoms with van der Waals surface area (Å²) in [5, 5.41) is 9.98. The predicted molar refractivity (Wildman–Crippen MR) is 70.3 cm³/mol. The van der Waals surface area contributed by atoms with Gasteiger partial charge in [-0.05, 0) is 13.0 Å². The molecule has 7 heteroatoms. The van der Waals surface area contributed by atoms with E-state index in [4.69, 9.17) is 18.9 Å². The van der Waals surface area contributed by atoms with E-state index < -0.39 is 24.1 Å². The molecule has 0 unspecified atom stereocenters. The summed E-state index contributed by atoms with van der Waals surface area (Å²) >= 11 is 0. The summed E-state index contributed by atoms with van der Waals surface area (Å²) in [6.45, 7) is 1.74. The van der Waals surface area contributed by atoms with Crippen LogP contribution in [0.1, 0.15) is 28.9 Å². The fourth-order valence-corrected chi connectivity index (χ4v) is 2.21. The van der Waals surface area contributed by atoms with Gasteiger partial charge in [0.15, 0.2) is 23.7 Å². The molecule has 0 aromatic heterocycles. The molecule has 0 aliphatic carbocycles. The summed E-state index contributed by atoms with van der Waals surface area (Å²) in [4.78, 5) is 23.6. The minimum absolute atomic E-state index is 0.120. The molecule has 2 atom stereocenters. The Balaban J connectivity index is 2.42. The van der Waals surface area contributed by atoms with Crippen molar-refractivity contribution in [2.24, 2.45) is 0 Å². The molecule has 0 bridgehead atoms. The molecule has 1 aromatic carbocycles. The van der Waals surface area contributed by atoms with Crippen LogP contribution in [0.4, 0.5) is 0 Å². The van der Waals surface area contributed by atoms with E-state index in [1.54, 1.807) is 19.1 Å². The zero-order chi connectivity index (χ0) is 15.6. The molecular formula is C14H16O7. The maximum Gasteiger partial charge on any atom is 0.343 e. The van der Waals surface area contributed by atoms with Crippen LogP contribution in [0.25, 0.3) is 0 Å². The van der Waals surface area contributed by atoms with Gasteiger partial charge in [0.25, 0.3) is 0 Å². The van der Waals surface area contributed by atoms with Crippen molar-refractivity contribution in [3.05, 3.63) is 23.3 Å². The van der Waals surface area contributed by atoms with Gasteiger partial charge in [0.1, 0.15) is 5.56 Å². The van der Waals surface area contributed by atoms with Crippen molar-refractivity contribution in [1.29, 1.82) is 0 Å². The van der Waals surface area contributed by atoms with E-state index in [0.717, 1.165) is 0 Å². The van der Waals surface area contributed by atoms with E-state index in [0.29, 0.717) is 11.3 Å². The molecule has 7 nitrogen and oxygen atoms in total. The first-order valence-corrected chi connectivity index (χ1v) is 6.35. The number of fused-ring (bicyclic) bond motifs is 1. The van der Waals surface area contributed by atoms with Crippen LogP contribution in [-0.4, -0.2) is 44.0 Å². The Kier molecular flexibility index (Phi) is 4.32. The van der Waals surface area contributed by atoms with Crippen molar-refractivity contribution < 1.29 is 33.6 Å². The molecule has 0 amide bonds. The number of hydrogen-bond donors (Lipinski definition) is 1. The van der Waals surface area contributed by atoms with Gasteiger partial charge in [0.2, 0.25) is 0 Å². The Bertz CT molecular complexity index is 567. The van der Waals surface area contributed by atoms with Crippen LogP contribution in [0.3, 0.4) is 0 Å². The second kappa shape index (κ2) is 6.01. The third-order valence-electron chi connectivity index (χ3n) is 3.14. The molecule has 0 saturated heterocycles. The highest BCUT2D eigenvalue weighted by atomic mass is 16.6. The van der Waals surface area contributed by atoms with E-state index in [2.05, 4.69) is 0 Å². The Morgan fingerprint density at radius 2 is 2.10 bits per heavy atom. The first-order valence-electron chi connectivity index (χ1n) is 6.35. The smallest absolute Gasteiger partial charge is 0.343 e. The number of aliphatic hydroxyl groups is 1. The van der Waals surface area contributed by atoms with Crippen LogP contribution in [0.15, 0.2) is 12.1 Å². The van der Waals surface area contributed by atoms with Crippen LogP contribution in [0, 0.1) is 0 Å². The lowest BCUT2D eigenvalue weighted by Gasteiger charge is -2.16. The monoisotopic (exact) mass is 296 g/mol. The second-order valence-electron chi connectivity index (χ2n) is 4.29. The van der Waals surface area contributed by atoms with Crippen LogP contribution in [0.5, 0.6) is 11.5 Å². The van der Waals surface area contributed by atoms with E-state index in [1.807, 2.05) is 0 Å². The molecule has 21 heavy (non-hydrogen) atoms. The quantitative estimate of drug-likeness (QED) is 0.805. The Labute approximate surface area is 121 Å². The maximum absolute atomic E-state index is 12.0. The minimum atomic E-state index is -1.59. The van der Waals surface area contributed by atoms with Gasteiger partial charge in [-0.2, -0.15) is 0 Å². The molecule has 1 aromatic rings. The number of esters is 2. The second-order valence-corrected chi connectivity index (χ2v) is 4.29. The number of benzene rings is 1. The zero-order valence-electron chi connectivity index (χ0n) is 11.9. The molecule has 114 valence electrons. The predicted octanol–water partition coefficient (Wildman–Crippen LogP) is 0.839. The summed E-state index contributed by atoms with van der Waals surface area (Å²) in [7, 11) is 2.83. The molecule has 0 spiro atoms. The van der Waals surface area contributed by atoms with Gasteiger partial charge in [0.05, 0.1) is 20.8 Å². The van der Waals surface area contributed by atoms with Crippen molar-refractivity contribution in [2.45, 2.75) is 19.1 Å². The Morgan fingerprint density at radius 3 is 2.67 bits per heavy atom. The summed E-state index contributed by atoms with van der Waals surface area (Å²) < 4.78 is 20.1. The molecule has 1 heterocycles. The lowest BCUT2D eigenvalue weighted by atomic mass is 10.00. The topological polar surface area (TPSA) is 91.3 Å². The number of aliphatic hydroxyl groups excluding tert-OH is 1. The summed E-state index contributed by atoms with van der Waals surface area (Å²) in [5.41, 5.74) is 0.503. The highest BCUT2D eigenvalue weighted by Gasteiger charge is 2.42. The third kappa shape index (κ3) is 2.52. The number of hydrogen-bond acceptors (Lipinski definition) is 7. The van der Waals surface area contributed by atoms with Crippen molar-refractivity contribution in [1.82, 2.24) is 0 Å². The van der Waals surface area contributed by atoms with Gasteiger partial charge in [-0.25, -0.2) is 9.59 Å². The highest BCUT2D eigenvalue weighted by molar-refractivity contribution is 5.98. The Hall–Kier alpha value is -2.28. The van der Waals surface area contributed by atoms with Crippen molar-refractivity contribution in [2.75, 3.05) is 20.8 Å². The SMILES string of the molecule is CCOC(=O)[C@@H](O)[C@@H]1OC(=O)c2c1ccc(OC)c2OC. The van der Waals surface area contributed by atoms with Crippen molar-refractivity contribution in [3.63, 3.8) is 0 Å². The van der Waals surface area contributed by atoms with Crippen LogP contribution >= 0.6 is 0 Å². The van der Waals surface area contributed by atoms with E-state index >= 15 is 0 Å². The summed E-state index contributed by atoms with van der Waals surface area (Å²) in [6.07, 6.45) is -2.71. The number of rotatable bonds is 5. The van der Waals surface area contributed by atoms with Gasteiger partial charge in [-0.3, -0.25) is 0 Å². The molecule has 1 N–H and O–H groups in total. The van der Waals surface area contributed by atoms with Gasteiger partial charge < -0.3 is 24.1 Å². The highest BCUT2D eigenvalue weighted by Crippen LogP contribution is 2.43. The third-order valence-corrected chi connectivity index (χ3v) is 3.14. The number of carbonyl (C=O) groups excluding carboxylic acids is 2. The van der Waals surface area contributed by atoms with Gasteiger partial charge in [-0.1, -0.05) is 6.07 Å². The average Bonchev–Trinajstić information content (AvgIpc) is 2.83. The van der Waals surface area contributed by atoms with E-state index in [-0.39, 0.29) is 17.9 Å². The van der Waals surface area contributed by atoms with Crippen LogP contribution < -0.4 is 9.47 Å². The van der Waals surface area contributed by atoms with Gasteiger partial charge >= 0.3 is 11.9 Å². The summed E-state index contributed by atoms with van der Waals surface area (Å²) in [5.74, 6) is -0.968. The molecular weight excluding hydrogens is 280 g/mol. The number of methoxy groups -OCH3 is 2. The number of ether oxygens (including phenoxy) is 4. The first-order chi connectivity index (χ1) is 10.0. The zero-order valence-corrected chi connectivity index (χ0v) is 11.9. The molecule has 2 rings (SSSR count). The molecule has 1 aliphatic heterocycles. The largest absolute Gasteiger partial charge is 0.493 e. The number of carbonyl (C=O) groups is 2. The number of cyclic esters (lactones) is 1. The molecule has 0 fully saturated rings. The summed E-state index contributed by atoms with van der Waals surface area (Å²) in [6, 6.07) is 3.12. The molecule has 0 radical (unpaired) electrons. The van der Waals surface area contributed by atoms with Gasteiger partial charge in [0, 0.05) is 5.56 Å². The maximum atomic E-state index is 12.0. The fourth-order valence-electron chi connectivity index (χ4n) is 2.21. The normalized spacial score (nSPS) is 17.7. The van der Waals surface area contributed by atoms with Crippen molar-refractivity contribution >= 4 is 11.9 Å². The lowest BCUT2D eigenvalue weighted by Crippen LogP contribution is -2.30. The van der Waals surface area contributed by atoms with Crippen molar-refractivity contribution in [3.8, 4) is 11.5 Å². The van der Waals surface area contributed by atoms with Gasteiger partial charge in [-0.15, -0.1) is 0 Å². The fraction of sp³-hybridized carbons (Fsp3) is 0.429. The molecule has 0 saturated carbocycles.